The van der Waals surface area contributed by atoms with Crippen LogP contribution in [0.4, 0.5) is 0 Å². The molecule has 156 valence electrons. The van der Waals surface area contributed by atoms with Crippen LogP contribution in [0.25, 0.3) is 33.6 Å². The third-order valence-electron chi connectivity index (χ3n) is 5.71. The molecule has 0 unspecified atom stereocenters. The number of rotatable bonds is 5. The summed E-state index contributed by atoms with van der Waals surface area (Å²) in [6.45, 7) is 10.1. The van der Waals surface area contributed by atoms with E-state index >= 15 is 0 Å². The second-order valence-electron chi connectivity index (χ2n) is 7.83. The molecule has 0 aliphatic carbocycles. The van der Waals surface area contributed by atoms with Gasteiger partial charge in [-0.05, 0) is 62.2 Å². The van der Waals surface area contributed by atoms with E-state index in [1.54, 1.807) is 11.3 Å². The van der Waals surface area contributed by atoms with Crippen LogP contribution in [-0.4, -0.2) is 33.3 Å². The van der Waals surface area contributed by atoms with Gasteiger partial charge in [0.05, 0.1) is 11.4 Å². The highest BCUT2D eigenvalue weighted by atomic mass is 32.1. The van der Waals surface area contributed by atoms with Gasteiger partial charge in [-0.25, -0.2) is 4.98 Å². The normalized spacial score (nSPS) is 14.8. The van der Waals surface area contributed by atoms with Gasteiger partial charge in [0.1, 0.15) is 0 Å². The number of H-pyrrole nitrogens is 2. The minimum Gasteiger partial charge on any atom is -0.357 e. The average molecular weight is 428 g/mol. The second-order valence-corrected chi connectivity index (χ2v) is 9.11. The van der Waals surface area contributed by atoms with Crippen LogP contribution >= 0.6 is 11.3 Å². The fourth-order valence-electron chi connectivity index (χ4n) is 4.14. The molecule has 5 nitrogen and oxygen atoms in total. The zero-order valence-electron chi connectivity index (χ0n) is 17.7. The molecule has 5 heterocycles. The van der Waals surface area contributed by atoms with E-state index in [0.717, 1.165) is 47.6 Å². The van der Waals surface area contributed by atoms with Gasteiger partial charge in [0.2, 0.25) is 0 Å². The molecule has 0 amide bonds. The maximum absolute atomic E-state index is 4.61. The molecule has 0 radical (unpaired) electrons. The third-order valence-corrected chi connectivity index (χ3v) is 6.74. The lowest BCUT2D eigenvalue weighted by atomic mass is 10.0. The molecule has 31 heavy (non-hydrogen) atoms. The molecule has 0 saturated heterocycles. The van der Waals surface area contributed by atoms with Crippen LogP contribution in [-0.2, 0) is 0 Å². The Morgan fingerprint density at radius 3 is 2.87 bits per heavy atom. The number of hydrogen-bond donors (Lipinski definition) is 3. The lowest BCUT2D eigenvalue weighted by Gasteiger charge is -2.13. The van der Waals surface area contributed by atoms with Crippen molar-refractivity contribution in [3.63, 3.8) is 0 Å². The van der Waals surface area contributed by atoms with Crippen molar-refractivity contribution in [1.82, 2.24) is 25.5 Å². The van der Waals surface area contributed by atoms with E-state index in [1.165, 1.54) is 32.0 Å². The van der Waals surface area contributed by atoms with Crippen molar-refractivity contribution >= 4 is 33.5 Å². The van der Waals surface area contributed by atoms with E-state index in [0.29, 0.717) is 0 Å². The average Bonchev–Trinajstić information content (AvgIpc) is 3.50. The van der Waals surface area contributed by atoms with E-state index in [2.05, 4.69) is 82.3 Å². The van der Waals surface area contributed by atoms with Gasteiger partial charge >= 0.3 is 0 Å². The van der Waals surface area contributed by atoms with Gasteiger partial charge in [-0.2, -0.15) is 5.10 Å². The van der Waals surface area contributed by atoms with Gasteiger partial charge in [0.15, 0.2) is 5.65 Å². The van der Waals surface area contributed by atoms with Crippen LogP contribution in [0, 0.1) is 13.8 Å². The highest BCUT2D eigenvalue weighted by molar-refractivity contribution is 7.13. The molecule has 0 atom stereocenters. The zero-order chi connectivity index (χ0) is 21.4. The number of aromatic amines is 2. The second kappa shape index (κ2) is 8.13. The molecule has 0 bridgehead atoms. The molecule has 6 heteroatoms. The first-order valence-corrected chi connectivity index (χ1v) is 11.3. The number of aryl methyl sites for hydroxylation is 2. The highest BCUT2D eigenvalue weighted by Gasteiger charge is 2.17. The number of nitrogens with one attached hydrogen (secondary N) is 3. The summed E-state index contributed by atoms with van der Waals surface area (Å²) < 4.78 is 0. The molecule has 5 rings (SSSR count). The van der Waals surface area contributed by atoms with Crippen LogP contribution < -0.4 is 5.32 Å². The predicted octanol–water partition coefficient (Wildman–Crippen LogP) is 5.63. The van der Waals surface area contributed by atoms with Gasteiger partial charge in [-0.15, -0.1) is 11.3 Å². The van der Waals surface area contributed by atoms with Gasteiger partial charge in [-0.3, -0.25) is 5.10 Å². The molecule has 1 aliphatic rings. The predicted molar refractivity (Wildman–Crippen MR) is 130 cm³/mol. The SMILES string of the molecule is C=C/C=C(/c1ccc(C)s1)c1cc(-c2[nH]nc3ncc(C4=CCNCC4)cc23)[nH]c1C. The summed E-state index contributed by atoms with van der Waals surface area (Å²) in [6.07, 6.45) is 9.13. The maximum atomic E-state index is 4.61. The topological polar surface area (TPSA) is 69.4 Å². The van der Waals surface area contributed by atoms with Crippen LogP contribution in [0.1, 0.15) is 33.0 Å². The fourth-order valence-corrected chi connectivity index (χ4v) is 5.05. The van der Waals surface area contributed by atoms with Crippen molar-refractivity contribution in [2.45, 2.75) is 20.3 Å². The van der Waals surface area contributed by atoms with Gasteiger partial charge < -0.3 is 10.3 Å². The Labute approximate surface area is 185 Å². The number of fused-ring (bicyclic) bond motifs is 1. The van der Waals surface area contributed by atoms with E-state index in [9.17, 15) is 0 Å². The van der Waals surface area contributed by atoms with Crippen molar-refractivity contribution in [2.75, 3.05) is 13.1 Å². The number of nitrogens with zero attached hydrogens (tertiary/aromatic N) is 2. The number of hydrogen-bond acceptors (Lipinski definition) is 4. The summed E-state index contributed by atoms with van der Waals surface area (Å²) in [6, 6.07) is 8.74. The third kappa shape index (κ3) is 3.69. The number of pyridine rings is 1. The molecule has 4 aromatic rings. The van der Waals surface area contributed by atoms with E-state index in [1.807, 2.05) is 12.3 Å². The quantitative estimate of drug-likeness (QED) is 0.362. The molecule has 3 N–H and O–H groups in total. The maximum Gasteiger partial charge on any atom is 0.181 e. The number of aromatic nitrogens is 4. The molecular weight excluding hydrogens is 402 g/mol. The van der Waals surface area contributed by atoms with Crippen molar-refractivity contribution in [1.29, 1.82) is 0 Å². The Morgan fingerprint density at radius 1 is 1.23 bits per heavy atom. The summed E-state index contributed by atoms with van der Waals surface area (Å²) in [5.74, 6) is 0. The lowest BCUT2D eigenvalue weighted by Crippen LogP contribution is -2.20. The van der Waals surface area contributed by atoms with E-state index < -0.39 is 0 Å². The van der Waals surface area contributed by atoms with Crippen LogP contribution in [0.5, 0.6) is 0 Å². The summed E-state index contributed by atoms with van der Waals surface area (Å²) in [5.41, 5.74) is 8.68. The van der Waals surface area contributed by atoms with Crippen molar-refractivity contribution in [3.8, 4) is 11.4 Å². The van der Waals surface area contributed by atoms with Crippen LogP contribution in [0.15, 0.2) is 55.3 Å². The summed E-state index contributed by atoms with van der Waals surface area (Å²) in [4.78, 5) is 10.7. The molecule has 1 aliphatic heterocycles. The molecule has 4 aromatic heterocycles. The summed E-state index contributed by atoms with van der Waals surface area (Å²) >= 11 is 1.79. The Kier molecular flexibility index (Phi) is 5.18. The molecule has 0 fully saturated rings. The summed E-state index contributed by atoms with van der Waals surface area (Å²) in [7, 11) is 0. The first kappa shape index (κ1) is 19.7. The summed E-state index contributed by atoms with van der Waals surface area (Å²) in [5, 5.41) is 12.0. The lowest BCUT2D eigenvalue weighted by molar-refractivity contribution is 0.738. The minimum atomic E-state index is 0.734. The Bertz CT molecular complexity index is 1330. The van der Waals surface area contributed by atoms with Crippen molar-refractivity contribution in [2.24, 2.45) is 0 Å². The first-order chi connectivity index (χ1) is 15.1. The van der Waals surface area contributed by atoms with Gasteiger partial charge in [0.25, 0.3) is 0 Å². The number of thiophene rings is 1. The largest absolute Gasteiger partial charge is 0.357 e. The van der Waals surface area contributed by atoms with Crippen LogP contribution in [0.3, 0.4) is 0 Å². The van der Waals surface area contributed by atoms with E-state index in [4.69, 9.17) is 0 Å². The Balaban J connectivity index is 1.59. The minimum absolute atomic E-state index is 0.734. The van der Waals surface area contributed by atoms with E-state index in [-0.39, 0.29) is 0 Å². The van der Waals surface area contributed by atoms with Crippen LogP contribution in [0.2, 0.25) is 0 Å². The molecule has 0 saturated carbocycles. The first-order valence-electron chi connectivity index (χ1n) is 10.5. The molecule has 0 aromatic carbocycles. The number of allylic oxidation sites excluding steroid dienone is 2. The van der Waals surface area contributed by atoms with Gasteiger partial charge in [-0.1, -0.05) is 24.8 Å². The fraction of sp³-hybridized carbons (Fsp3) is 0.200. The van der Waals surface area contributed by atoms with Crippen molar-refractivity contribution < 1.29 is 0 Å². The van der Waals surface area contributed by atoms with Crippen molar-refractivity contribution in [3.05, 3.63) is 81.8 Å². The smallest absolute Gasteiger partial charge is 0.181 e. The highest BCUT2D eigenvalue weighted by Crippen LogP contribution is 2.35. The molecule has 0 spiro atoms. The monoisotopic (exact) mass is 427 g/mol. The zero-order valence-corrected chi connectivity index (χ0v) is 18.6. The Morgan fingerprint density at radius 2 is 2.13 bits per heavy atom. The Hall–Kier alpha value is -3.22. The van der Waals surface area contributed by atoms with Gasteiger partial charge in [0, 0.05) is 44.7 Å². The molecular formula is C25H25N5S. The standard InChI is InChI=1S/C25H25N5S/c1-4-5-19(23-7-6-15(2)31-23)20-13-22(28-16(20)3)24-21-12-18(14-27-25(21)30-29-24)17-8-10-26-11-9-17/h4-8,12-14,26,28H,1,9-11H2,2-3H3,(H,27,29,30)/b19-5+.